The highest BCUT2D eigenvalue weighted by Crippen LogP contribution is 2.33. The molecule has 4 heteroatoms. The maximum absolute atomic E-state index is 11.9. The molecular weight excluding hydrogens is 234 g/mol. The lowest BCUT2D eigenvalue weighted by Crippen LogP contribution is -2.31. The second-order valence-corrected chi connectivity index (χ2v) is 6.35. The molecule has 0 saturated carbocycles. The molecule has 1 aliphatic rings. The topological polar surface area (TPSA) is 46.2 Å². The fourth-order valence-corrected chi connectivity index (χ4v) is 3.92. The average molecular weight is 249 g/mol. The lowest BCUT2D eigenvalue weighted by molar-refractivity contribution is 0.489. The van der Waals surface area contributed by atoms with Gasteiger partial charge in [0, 0.05) is 18.5 Å². The minimum absolute atomic E-state index is 0.117. The fourth-order valence-electron chi connectivity index (χ4n) is 2.17. The summed E-state index contributed by atoms with van der Waals surface area (Å²) >= 11 is 0. The lowest BCUT2D eigenvalue weighted by atomic mass is 10.1. The maximum atomic E-state index is 11.9. The summed E-state index contributed by atoms with van der Waals surface area (Å²) in [4.78, 5) is 0.449. The number of benzene rings is 1. The first-order chi connectivity index (χ1) is 8.04. The van der Waals surface area contributed by atoms with Crippen molar-refractivity contribution in [1.29, 1.82) is 0 Å². The molecule has 2 atom stereocenters. The zero-order chi connectivity index (χ0) is 12.5. The van der Waals surface area contributed by atoms with Gasteiger partial charge < -0.3 is 5.32 Å². The van der Waals surface area contributed by atoms with E-state index in [0.29, 0.717) is 11.3 Å². The summed E-state index contributed by atoms with van der Waals surface area (Å²) in [5.74, 6) is 2.70. The Bertz CT molecular complexity index is 557. The zero-order valence-electron chi connectivity index (χ0n) is 9.68. The standard InChI is InChI=1S/C13H15NO2S/c1-3-6-10(2)14-12-9-17(15,16)13-8-5-4-7-11(12)13/h1,4-5,7-8,10,12,14H,6,9H2,2H3. The van der Waals surface area contributed by atoms with Crippen molar-refractivity contribution in [2.24, 2.45) is 0 Å². The van der Waals surface area contributed by atoms with Gasteiger partial charge in [-0.3, -0.25) is 0 Å². The summed E-state index contributed by atoms with van der Waals surface area (Å²) in [6.07, 6.45) is 5.84. The quantitative estimate of drug-likeness (QED) is 0.826. The van der Waals surface area contributed by atoms with Crippen LogP contribution in [-0.4, -0.2) is 20.2 Å². The van der Waals surface area contributed by atoms with E-state index < -0.39 is 9.84 Å². The third kappa shape index (κ3) is 2.36. The van der Waals surface area contributed by atoms with Crippen LogP contribution in [0.2, 0.25) is 0 Å². The summed E-state index contributed by atoms with van der Waals surface area (Å²) < 4.78 is 23.8. The van der Waals surface area contributed by atoms with Crippen LogP contribution < -0.4 is 5.32 Å². The molecule has 0 bridgehead atoms. The first kappa shape index (κ1) is 12.2. The molecule has 0 saturated heterocycles. The predicted octanol–water partition coefficient (Wildman–Crippen LogP) is 1.52. The minimum Gasteiger partial charge on any atom is -0.306 e. The number of rotatable bonds is 3. The largest absolute Gasteiger partial charge is 0.306 e. The van der Waals surface area contributed by atoms with Gasteiger partial charge in [0.2, 0.25) is 0 Å². The molecule has 2 rings (SSSR count). The summed E-state index contributed by atoms with van der Waals surface area (Å²) in [7, 11) is -3.13. The molecule has 1 aromatic carbocycles. The van der Waals surface area contributed by atoms with Crippen LogP contribution in [0, 0.1) is 12.3 Å². The first-order valence-corrected chi connectivity index (χ1v) is 7.21. The highest BCUT2D eigenvalue weighted by atomic mass is 32.2. The molecule has 90 valence electrons. The summed E-state index contributed by atoms with van der Waals surface area (Å²) in [6, 6.07) is 7.12. The summed E-state index contributed by atoms with van der Waals surface area (Å²) in [5, 5.41) is 3.27. The normalized spacial score (nSPS) is 22.7. The van der Waals surface area contributed by atoms with Crippen LogP contribution in [0.1, 0.15) is 24.9 Å². The van der Waals surface area contributed by atoms with Gasteiger partial charge in [-0.15, -0.1) is 12.3 Å². The van der Waals surface area contributed by atoms with Gasteiger partial charge in [0.15, 0.2) is 9.84 Å². The van der Waals surface area contributed by atoms with Gasteiger partial charge in [0.25, 0.3) is 0 Å². The molecule has 1 N–H and O–H groups in total. The van der Waals surface area contributed by atoms with E-state index in [4.69, 9.17) is 6.42 Å². The fraction of sp³-hybridized carbons (Fsp3) is 0.385. The van der Waals surface area contributed by atoms with Crippen LogP contribution in [0.3, 0.4) is 0 Å². The molecule has 3 nitrogen and oxygen atoms in total. The van der Waals surface area contributed by atoms with Crippen LogP contribution in [0.5, 0.6) is 0 Å². The van der Waals surface area contributed by atoms with E-state index in [0.717, 1.165) is 5.56 Å². The van der Waals surface area contributed by atoms with Crippen molar-refractivity contribution in [3.05, 3.63) is 29.8 Å². The Kier molecular flexibility index (Phi) is 3.23. The van der Waals surface area contributed by atoms with Gasteiger partial charge in [0.05, 0.1) is 10.6 Å². The van der Waals surface area contributed by atoms with Crippen LogP contribution in [0.15, 0.2) is 29.2 Å². The molecule has 1 aliphatic heterocycles. The van der Waals surface area contributed by atoms with Gasteiger partial charge in [0.1, 0.15) is 0 Å². The number of nitrogens with one attached hydrogen (secondary N) is 1. The van der Waals surface area contributed by atoms with E-state index in [1.807, 2.05) is 19.1 Å². The van der Waals surface area contributed by atoms with Gasteiger partial charge in [-0.2, -0.15) is 0 Å². The van der Waals surface area contributed by atoms with Crippen molar-refractivity contribution < 1.29 is 8.42 Å². The molecule has 0 fully saturated rings. The Morgan fingerprint density at radius 1 is 1.53 bits per heavy atom. The number of fused-ring (bicyclic) bond motifs is 1. The van der Waals surface area contributed by atoms with Gasteiger partial charge in [-0.1, -0.05) is 18.2 Å². The molecule has 2 unspecified atom stereocenters. The van der Waals surface area contributed by atoms with Crippen LogP contribution >= 0.6 is 0 Å². The lowest BCUT2D eigenvalue weighted by Gasteiger charge is -2.17. The number of terminal acetylenes is 1. The van der Waals surface area contributed by atoms with Crippen molar-refractivity contribution >= 4 is 9.84 Å². The molecule has 0 radical (unpaired) electrons. The summed E-state index contributed by atoms with van der Waals surface area (Å²) in [6.45, 7) is 1.97. The Morgan fingerprint density at radius 2 is 2.24 bits per heavy atom. The molecule has 1 heterocycles. The Balaban J connectivity index is 2.27. The molecule has 17 heavy (non-hydrogen) atoms. The number of hydrogen-bond acceptors (Lipinski definition) is 3. The Labute approximate surface area is 102 Å². The SMILES string of the molecule is C#CCC(C)NC1CS(=O)(=O)c2ccccc21. The van der Waals surface area contributed by atoms with E-state index in [1.54, 1.807) is 12.1 Å². The van der Waals surface area contributed by atoms with Gasteiger partial charge in [-0.05, 0) is 18.6 Å². The van der Waals surface area contributed by atoms with Crippen molar-refractivity contribution in [3.8, 4) is 12.3 Å². The van der Waals surface area contributed by atoms with Crippen LogP contribution in [0.4, 0.5) is 0 Å². The van der Waals surface area contributed by atoms with E-state index in [9.17, 15) is 8.42 Å². The zero-order valence-corrected chi connectivity index (χ0v) is 10.5. The van der Waals surface area contributed by atoms with E-state index in [2.05, 4.69) is 11.2 Å². The molecule has 0 aliphatic carbocycles. The molecule has 0 aromatic heterocycles. The van der Waals surface area contributed by atoms with Crippen molar-refractivity contribution in [3.63, 3.8) is 0 Å². The van der Waals surface area contributed by atoms with Crippen molar-refractivity contribution in [2.75, 3.05) is 5.75 Å². The summed E-state index contributed by atoms with van der Waals surface area (Å²) in [5.41, 5.74) is 0.858. The Hall–Kier alpha value is -1.31. The predicted molar refractivity (Wildman–Crippen MR) is 67.3 cm³/mol. The Morgan fingerprint density at radius 3 is 2.94 bits per heavy atom. The van der Waals surface area contributed by atoms with E-state index in [-0.39, 0.29) is 17.8 Å². The number of sulfone groups is 1. The van der Waals surface area contributed by atoms with Crippen LogP contribution in [-0.2, 0) is 9.84 Å². The third-order valence-corrected chi connectivity index (χ3v) is 4.74. The van der Waals surface area contributed by atoms with Gasteiger partial charge >= 0.3 is 0 Å². The maximum Gasteiger partial charge on any atom is 0.180 e. The second kappa shape index (κ2) is 4.52. The average Bonchev–Trinajstić information content (AvgIpc) is 2.52. The van der Waals surface area contributed by atoms with Gasteiger partial charge in [-0.25, -0.2) is 8.42 Å². The van der Waals surface area contributed by atoms with Crippen LogP contribution in [0.25, 0.3) is 0 Å². The monoisotopic (exact) mass is 249 g/mol. The van der Waals surface area contributed by atoms with Crippen molar-refractivity contribution in [1.82, 2.24) is 5.32 Å². The molecule has 0 spiro atoms. The smallest absolute Gasteiger partial charge is 0.180 e. The third-order valence-electron chi connectivity index (χ3n) is 2.93. The van der Waals surface area contributed by atoms with E-state index in [1.165, 1.54) is 0 Å². The van der Waals surface area contributed by atoms with E-state index >= 15 is 0 Å². The number of hydrogen-bond donors (Lipinski definition) is 1. The first-order valence-electron chi connectivity index (χ1n) is 5.56. The molecular formula is C13H15NO2S. The molecule has 1 aromatic rings. The van der Waals surface area contributed by atoms with Crippen molar-refractivity contribution in [2.45, 2.75) is 30.3 Å². The highest BCUT2D eigenvalue weighted by Gasteiger charge is 2.34. The molecule has 0 amide bonds. The second-order valence-electron chi connectivity index (χ2n) is 4.35. The highest BCUT2D eigenvalue weighted by molar-refractivity contribution is 7.91. The minimum atomic E-state index is -3.13.